The number of carbonyl (C=O) groups excluding carboxylic acids is 1. The molecule has 2 rings (SSSR count). The molecule has 2 unspecified atom stereocenters. The number of nitrogens with one attached hydrogen (secondary N) is 2. The quantitative estimate of drug-likeness (QED) is 0.629. The lowest BCUT2D eigenvalue weighted by Crippen LogP contribution is -2.60. The molecule has 0 saturated heterocycles. The van der Waals surface area contributed by atoms with E-state index in [0.29, 0.717) is 19.3 Å². The zero-order valence-electron chi connectivity index (χ0n) is 11.7. The molecule has 0 heterocycles. The molecule has 2 atom stereocenters. The van der Waals surface area contributed by atoms with E-state index in [-0.39, 0.29) is 6.04 Å². The number of hydrogen-bond acceptors (Lipinski definition) is 3. The van der Waals surface area contributed by atoms with Crippen LogP contribution in [0.15, 0.2) is 0 Å². The van der Waals surface area contributed by atoms with Crippen molar-refractivity contribution in [1.29, 1.82) is 0 Å². The molecule has 0 bridgehead atoms. The maximum atomic E-state index is 12.0. The number of carboxylic acids is 1. The molecule has 0 aromatic rings. The molecule has 0 aromatic carbocycles. The minimum absolute atomic E-state index is 0.266. The Balaban J connectivity index is 1.93. The fourth-order valence-corrected chi connectivity index (χ4v) is 3.25. The van der Waals surface area contributed by atoms with Crippen molar-refractivity contribution in [3.63, 3.8) is 0 Å². The first-order chi connectivity index (χ1) is 9.53. The van der Waals surface area contributed by atoms with Crippen LogP contribution < -0.4 is 10.6 Å². The largest absolute Gasteiger partial charge is 0.480 e. The summed E-state index contributed by atoms with van der Waals surface area (Å²) in [5.74, 6) is -0.962. The Morgan fingerprint density at radius 2 is 1.65 bits per heavy atom. The molecule has 114 valence electrons. The van der Waals surface area contributed by atoms with Crippen LogP contribution in [0.25, 0.3) is 0 Å². The molecule has 6 nitrogen and oxygen atoms in total. The van der Waals surface area contributed by atoms with Crippen molar-refractivity contribution in [2.45, 2.75) is 75.5 Å². The normalized spacial score (nSPS) is 29.4. The van der Waals surface area contributed by atoms with Gasteiger partial charge in [0.15, 0.2) is 0 Å². The molecule has 6 heteroatoms. The van der Waals surface area contributed by atoms with Gasteiger partial charge in [-0.05, 0) is 25.7 Å². The van der Waals surface area contributed by atoms with Gasteiger partial charge in [0.1, 0.15) is 5.54 Å². The standard InChI is InChI=1S/C14H24N2O4/c17-11-7-3-2-6-10(11)15-13(20)16-14(12(18)19)8-4-1-5-9-14/h10-11,17H,1-9H2,(H,18,19)(H2,15,16,20). The topological polar surface area (TPSA) is 98.7 Å². The third-order valence-electron chi connectivity index (χ3n) is 4.52. The highest BCUT2D eigenvalue weighted by molar-refractivity contribution is 5.86. The minimum atomic E-state index is -1.14. The van der Waals surface area contributed by atoms with Gasteiger partial charge in [-0.15, -0.1) is 0 Å². The van der Waals surface area contributed by atoms with E-state index in [0.717, 1.165) is 38.5 Å². The van der Waals surface area contributed by atoms with Gasteiger partial charge in [0.2, 0.25) is 0 Å². The molecule has 2 aliphatic carbocycles. The number of carbonyl (C=O) groups is 2. The lowest BCUT2D eigenvalue weighted by Gasteiger charge is -2.35. The van der Waals surface area contributed by atoms with Crippen molar-refractivity contribution in [2.75, 3.05) is 0 Å². The van der Waals surface area contributed by atoms with Gasteiger partial charge in [0.25, 0.3) is 0 Å². The number of hydrogen-bond donors (Lipinski definition) is 4. The second-order valence-electron chi connectivity index (χ2n) is 6.00. The number of urea groups is 1. The third-order valence-corrected chi connectivity index (χ3v) is 4.52. The van der Waals surface area contributed by atoms with Crippen LogP contribution in [0.5, 0.6) is 0 Å². The summed E-state index contributed by atoms with van der Waals surface area (Å²) in [7, 11) is 0. The van der Waals surface area contributed by atoms with Crippen LogP contribution in [0, 0.1) is 0 Å². The van der Waals surface area contributed by atoms with E-state index in [1.165, 1.54) is 0 Å². The molecule has 2 saturated carbocycles. The van der Waals surface area contributed by atoms with Crippen molar-refractivity contribution in [2.24, 2.45) is 0 Å². The van der Waals surface area contributed by atoms with Gasteiger partial charge in [-0.1, -0.05) is 32.1 Å². The van der Waals surface area contributed by atoms with E-state index in [1.807, 2.05) is 0 Å². The van der Waals surface area contributed by atoms with Gasteiger partial charge in [-0.2, -0.15) is 0 Å². The van der Waals surface area contributed by atoms with E-state index in [4.69, 9.17) is 0 Å². The van der Waals surface area contributed by atoms with E-state index < -0.39 is 23.6 Å². The van der Waals surface area contributed by atoms with E-state index >= 15 is 0 Å². The Labute approximate surface area is 118 Å². The highest BCUT2D eigenvalue weighted by atomic mass is 16.4. The van der Waals surface area contributed by atoms with Crippen molar-refractivity contribution < 1.29 is 19.8 Å². The summed E-state index contributed by atoms with van der Waals surface area (Å²) >= 11 is 0. The number of amides is 2. The smallest absolute Gasteiger partial charge is 0.329 e. The Morgan fingerprint density at radius 3 is 2.25 bits per heavy atom. The molecule has 20 heavy (non-hydrogen) atoms. The second-order valence-corrected chi connectivity index (χ2v) is 6.00. The molecule has 2 fully saturated rings. The van der Waals surface area contributed by atoms with Crippen LogP contribution in [-0.2, 0) is 4.79 Å². The number of aliphatic hydroxyl groups is 1. The van der Waals surface area contributed by atoms with Crippen LogP contribution in [0.1, 0.15) is 57.8 Å². The highest BCUT2D eigenvalue weighted by Crippen LogP contribution is 2.28. The zero-order chi connectivity index (χ0) is 14.6. The third kappa shape index (κ3) is 3.42. The number of aliphatic hydroxyl groups excluding tert-OH is 1. The van der Waals surface area contributed by atoms with Crippen molar-refractivity contribution in [3.8, 4) is 0 Å². The molecule has 0 aliphatic heterocycles. The Bertz CT molecular complexity index is 366. The fraction of sp³-hybridized carbons (Fsp3) is 0.857. The summed E-state index contributed by atoms with van der Waals surface area (Å²) in [6.45, 7) is 0. The first kappa shape index (κ1) is 15.1. The number of aliphatic carboxylic acids is 1. The molecule has 2 aliphatic rings. The van der Waals surface area contributed by atoms with Gasteiger partial charge in [-0.3, -0.25) is 0 Å². The minimum Gasteiger partial charge on any atom is -0.480 e. The van der Waals surface area contributed by atoms with Crippen molar-refractivity contribution >= 4 is 12.0 Å². The molecular weight excluding hydrogens is 260 g/mol. The monoisotopic (exact) mass is 284 g/mol. The van der Waals surface area contributed by atoms with E-state index in [9.17, 15) is 19.8 Å². The van der Waals surface area contributed by atoms with E-state index in [2.05, 4.69) is 10.6 Å². The van der Waals surface area contributed by atoms with Crippen LogP contribution >= 0.6 is 0 Å². The fourth-order valence-electron chi connectivity index (χ4n) is 3.25. The SMILES string of the molecule is O=C(NC1CCCCC1O)NC1(C(=O)O)CCCCC1. The van der Waals surface area contributed by atoms with Gasteiger partial charge >= 0.3 is 12.0 Å². The summed E-state index contributed by atoms with van der Waals surface area (Å²) < 4.78 is 0. The van der Waals surface area contributed by atoms with Gasteiger partial charge in [0, 0.05) is 0 Å². The van der Waals surface area contributed by atoms with Crippen LogP contribution in [0.2, 0.25) is 0 Å². The highest BCUT2D eigenvalue weighted by Gasteiger charge is 2.41. The summed E-state index contributed by atoms with van der Waals surface area (Å²) in [6.07, 6.45) is 6.46. The first-order valence-electron chi connectivity index (χ1n) is 7.54. The Morgan fingerprint density at radius 1 is 1.00 bits per heavy atom. The molecule has 4 N–H and O–H groups in total. The van der Waals surface area contributed by atoms with Gasteiger partial charge in [0.05, 0.1) is 12.1 Å². The molecule has 0 aromatic heterocycles. The molecule has 2 amide bonds. The zero-order valence-corrected chi connectivity index (χ0v) is 11.7. The predicted octanol–water partition coefficient (Wildman–Crippen LogP) is 1.38. The first-order valence-corrected chi connectivity index (χ1v) is 7.54. The summed E-state index contributed by atoms with van der Waals surface area (Å²) in [5.41, 5.74) is -1.14. The van der Waals surface area contributed by atoms with Gasteiger partial charge in [-0.25, -0.2) is 9.59 Å². The number of rotatable bonds is 3. The average Bonchev–Trinajstić information content (AvgIpc) is 2.42. The predicted molar refractivity (Wildman–Crippen MR) is 73.4 cm³/mol. The van der Waals surface area contributed by atoms with Crippen molar-refractivity contribution in [1.82, 2.24) is 10.6 Å². The molecular formula is C14H24N2O4. The van der Waals surface area contributed by atoms with E-state index in [1.54, 1.807) is 0 Å². The van der Waals surface area contributed by atoms with Crippen molar-refractivity contribution in [3.05, 3.63) is 0 Å². The average molecular weight is 284 g/mol. The molecule has 0 radical (unpaired) electrons. The summed E-state index contributed by atoms with van der Waals surface area (Å²) in [6, 6.07) is -0.738. The Kier molecular flexibility index (Phi) is 4.86. The second kappa shape index (κ2) is 6.43. The number of carboxylic acid groups (broad SMARTS) is 1. The van der Waals surface area contributed by atoms with Gasteiger partial charge < -0.3 is 20.8 Å². The lowest BCUT2D eigenvalue weighted by molar-refractivity contribution is -0.145. The lowest BCUT2D eigenvalue weighted by atomic mass is 9.82. The summed E-state index contributed by atoms with van der Waals surface area (Å²) in [5, 5.41) is 24.6. The maximum Gasteiger partial charge on any atom is 0.329 e. The maximum absolute atomic E-state index is 12.0. The van der Waals surface area contributed by atoms with Crippen LogP contribution in [0.4, 0.5) is 4.79 Å². The Hall–Kier alpha value is -1.30. The summed E-state index contributed by atoms with van der Waals surface area (Å²) in [4.78, 5) is 23.5. The van der Waals surface area contributed by atoms with Crippen LogP contribution in [0.3, 0.4) is 0 Å². The van der Waals surface area contributed by atoms with Crippen LogP contribution in [-0.4, -0.2) is 39.9 Å². The molecule has 0 spiro atoms.